The fourth-order valence-corrected chi connectivity index (χ4v) is 2.68. The van der Waals surface area contributed by atoms with Gasteiger partial charge in [0.05, 0.1) is 6.61 Å². The molecule has 2 rings (SSSR count). The Morgan fingerprint density at radius 2 is 1.95 bits per heavy atom. The molecule has 1 unspecified atom stereocenters. The Morgan fingerprint density at radius 1 is 1.32 bits per heavy atom. The van der Waals surface area contributed by atoms with Gasteiger partial charge < -0.3 is 15.0 Å². The number of nitrogens with zero attached hydrogens (tertiary/aromatic N) is 1. The summed E-state index contributed by atoms with van der Waals surface area (Å²) in [7, 11) is 0. The third-order valence-electron chi connectivity index (χ3n) is 3.69. The highest BCUT2D eigenvalue weighted by Crippen LogP contribution is 2.21. The summed E-state index contributed by atoms with van der Waals surface area (Å²) >= 11 is 6.20. The normalized spacial score (nSPS) is 16.9. The van der Waals surface area contributed by atoms with Gasteiger partial charge in [-0.1, -0.05) is 30.3 Å². The van der Waals surface area contributed by atoms with E-state index in [0.717, 1.165) is 5.56 Å². The summed E-state index contributed by atoms with van der Waals surface area (Å²) in [6.07, 6.45) is 1.14. The quantitative estimate of drug-likeness (QED) is 0.866. The molecule has 6 heteroatoms. The molecule has 5 nitrogen and oxygen atoms in total. The van der Waals surface area contributed by atoms with Crippen molar-refractivity contribution in [3.8, 4) is 0 Å². The van der Waals surface area contributed by atoms with Gasteiger partial charge >= 0.3 is 6.09 Å². The molecule has 1 aliphatic heterocycles. The minimum Gasteiger partial charge on any atom is -0.450 e. The highest BCUT2D eigenvalue weighted by molar-refractivity contribution is 6.30. The Bertz CT molecular complexity index is 501. The zero-order valence-corrected chi connectivity index (χ0v) is 13.4. The Labute approximate surface area is 135 Å². The van der Waals surface area contributed by atoms with E-state index in [4.69, 9.17) is 16.3 Å². The number of carbonyl (C=O) groups excluding carboxylic acids is 2. The molecule has 1 aromatic carbocycles. The molecule has 1 N–H and O–H groups in total. The van der Waals surface area contributed by atoms with Gasteiger partial charge in [0.2, 0.25) is 5.91 Å². The van der Waals surface area contributed by atoms with Gasteiger partial charge in [-0.05, 0) is 25.3 Å². The van der Waals surface area contributed by atoms with Crippen molar-refractivity contribution >= 4 is 23.6 Å². The van der Waals surface area contributed by atoms with E-state index in [1.54, 1.807) is 11.8 Å². The van der Waals surface area contributed by atoms with E-state index in [1.807, 2.05) is 30.3 Å². The van der Waals surface area contributed by atoms with Crippen molar-refractivity contribution in [1.29, 1.82) is 0 Å². The summed E-state index contributed by atoms with van der Waals surface area (Å²) in [5.41, 5.74) is 0.783. The Morgan fingerprint density at radius 3 is 2.55 bits per heavy atom. The first-order valence-electron chi connectivity index (χ1n) is 7.53. The maximum atomic E-state index is 12.2. The van der Waals surface area contributed by atoms with Gasteiger partial charge in [0, 0.05) is 19.1 Å². The third kappa shape index (κ3) is 4.37. The highest BCUT2D eigenvalue weighted by Gasteiger charge is 2.26. The number of alkyl halides is 1. The number of nitrogens with one attached hydrogen (secondary N) is 1. The van der Waals surface area contributed by atoms with E-state index >= 15 is 0 Å². The van der Waals surface area contributed by atoms with Crippen LogP contribution >= 0.6 is 11.6 Å². The second-order valence-corrected chi connectivity index (χ2v) is 5.68. The van der Waals surface area contributed by atoms with Crippen LogP contribution < -0.4 is 5.32 Å². The molecule has 0 saturated carbocycles. The van der Waals surface area contributed by atoms with Gasteiger partial charge in [0.1, 0.15) is 5.38 Å². The third-order valence-corrected chi connectivity index (χ3v) is 4.14. The van der Waals surface area contributed by atoms with Crippen molar-refractivity contribution < 1.29 is 14.3 Å². The summed E-state index contributed by atoms with van der Waals surface area (Å²) < 4.78 is 4.97. The topological polar surface area (TPSA) is 58.6 Å². The van der Waals surface area contributed by atoms with Crippen molar-refractivity contribution in [2.45, 2.75) is 31.2 Å². The summed E-state index contributed by atoms with van der Waals surface area (Å²) in [6, 6.07) is 9.31. The first-order chi connectivity index (χ1) is 10.6. The van der Waals surface area contributed by atoms with E-state index in [0.29, 0.717) is 32.5 Å². The molecular weight excluding hydrogens is 304 g/mol. The lowest BCUT2D eigenvalue weighted by molar-refractivity contribution is -0.121. The molecule has 1 aliphatic rings. The van der Waals surface area contributed by atoms with Crippen molar-refractivity contribution in [3.05, 3.63) is 35.9 Å². The summed E-state index contributed by atoms with van der Waals surface area (Å²) in [6.45, 7) is 3.33. The SMILES string of the molecule is CCOC(=O)N1CCC(NC(=O)C(Cl)c2ccccc2)CC1. The first-order valence-corrected chi connectivity index (χ1v) is 7.96. The Hall–Kier alpha value is -1.75. The van der Waals surface area contributed by atoms with Crippen LogP contribution in [-0.2, 0) is 9.53 Å². The fourth-order valence-electron chi connectivity index (χ4n) is 2.47. The van der Waals surface area contributed by atoms with Gasteiger partial charge in [-0.3, -0.25) is 4.79 Å². The van der Waals surface area contributed by atoms with Crippen LogP contribution in [-0.4, -0.2) is 42.6 Å². The average molecular weight is 325 g/mol. The van der Waals surface area contributed by atoms with Crippen LogP contribution in [0.5, 0.6) is 0 Å². The second kappa shape index (κ2) is 8.03. The minimum absolute atomic E-state index is 0.0446. The smallest absolute Gasteiger partial charge is 0.409 e. The maximum Gasteiger partial charge on any atom is 0.409 e. The second-order valence-electron chi connectivity index (χ2n) is 5.24. The molecule has 0 radical (unpaired) electrons. The molecule has 1 heterocycles. The molecule has 0 aliphatic carbocycles. The van der Waals surface area contributed by atoms with E-state index in [9.17, 15) is 9.59 Å². The zero-order valence-electron chi connectivity index (χ0n) is 12.6. The number of rotatable bonds is 4. The van der Waals surface area contributed by atoms with Crippen LogP contribution in [0.4, 0.5) is 4.79 Å². The van der Waals surface area contributed by atoms with Crippen LogP contribution in [0.2, 0.25) is 0 Å². The monoisotopic (exact) mass is 324 g/mol. The number of amides is 2. The number of hydrogen-bond donors (Lipinski definition) is 1. The molecular formula is C16H21ClN2O3. The van der Waals surface area contributed by atoms with Crippen LogP contribution in [0.1, 0.15) is 30.7 Å². The van der Waals surface area contributed by atoms with E-state index in [-0.39, 0.29) is 18.0 Å². The largest absolute Gasteiger partial charge is 0.450 e. The van der Waals surface area contributed by atoms with E-state index in [2.05, 4.69) is 5.32 Å². The number of benzene rings is 1. The molecule has 120 valence electrons. The Balaban J connectivity index is 1.81. The van der Waals surface area contributed by atoms with Crippen molar-refractivity contribution in [2.75, 3.05) is 19.7 Å². The molecule has 22 heavy (non-hydrogen) atoms. The first kappa shape index (κ1) is 16.6. The van der Waals surface area contributed by atoms with Crippen molar-refractivity contribution in [1.82, 2.24) is 10.2 Å². The number of ether oxygens (including phenoxy) is 1. The number of piperidine rings is 1. The molecule has 1 saturated heterocycles. The predicted octanol–water partition coefficient (Wildman–Crippen LogP) is 2.70. The molecule has 2 amide bonds. The molecule has 0 spiro atoms. The minimum atomic E-state index is -0.690. The van der Waals surface area contributed by atoms with Gasteiger partial charge in [-0.15, -0.1) is 11.6 Å². The number of hydrogen-bond acceptors (Lipinski definition) is 3. The Kier molecular flexibility index (Phi) is 6.07. The number of halogens is 1. The molecule has 0 bridgehead atoms. The highest BCUT2D eigenvalue weighted by atomic mass is 35.5. The molecule has 1 aromatic rings. The summed E-state index contributed by atoms with van der Waals surface area (Å²) in [5.74, 6) is -0.192. The van der Waals surface area contributed by atoms with Crippen LogP contribution in [0, 0.1) is 0 Å². The number of likely N-dealkylation sites (tertiary alicyclic amines) is 1. The summed E-state index contributed by atoms with van der Waals surface area (Å²) in [4.78, 5) is 25.5. The molecule has 1 atom stereocenters. The van der Waals surface area contributed by atoms with Gasteiger partial charge in [-0.2, -0.15) is 0 Å². The van der Waals surface area contributed by atoms with Crippen molar-refractivity contribution in [2.24, 2.45) is 0 Å². The fraction of sp³-hybridized carbons (Fsp3) is 0.500. The lowest BCUT2D eigenvalue weighted by Gasteiger charge is -2.32. The van der Waals surface area contributed by atoms with Gasteiger partial charge in [0.15, 0.2) is 0 Å². The van der Waals surface area contributed by atoms with Crippen LogP contribution in [0.15, 0.2) is 30.3 Å². The zero-order chi connectivity index (χ0) is 15.9. The molecule has 1 fully saturated rings. The van der Waals surface area contributed by atoms with Crippen molar-refractivity contribution in [3.63, 3.8) is 0 Å². The lowest BCUT2D eigenvalue weighted by atomic mass is 10.0. The van der Waals surface area contributed by atoms with E-state index < -0.39 is 5.38 Å². The van der Waals surface area contributed by atoms with E-state index in [1.165, 1.54) is 0 Å². The van der Waals surface area contributed by atoms with Gasteiger partial charge in [-0.25, -0.2) is 4.79 Å². The maximum absolute atomic E-state index is 12.2. The van der Waals surface area contributed by atoms with Crippen LogP contribution in [0.25, 0.3) is 0 Å². The average Bonchev–Trinajstić information content (AvgIpc) is 2.55. The lowest BCUT2D eigenvalue weighted by Crippen LogP contribution is -2.47. The summed E-state index contributed by atoms with van der Waals surface area (Å²) in [5, 5.41) is 2.27. The number of carbonyl (C=O) groups is 2. The molecule has 0 aromatic heterocycles. The van der Waals surface area contributed by atoms with Gasteiger partial charge in [0.25, 0.3) is 0 Å². The van der Waals surface area contributed by atoms with Crippen LogP contribution in [0.3, 0.4) is 0 Å². The standard InChI is InChI=1S/C16H21ClN2O3/c1-2-22-16(21)19-10-8-13(9-11-19)18-15(20)14(17)12-6-4-3-5-7-12/h3-7,13-14H,2,8-11H2,1H3,(H,18,20). The predicted molar refractivity (Wildman–Crippen MR) is 84.8 cm³/mol.